The molecular formula is C25H20F3N7. The van der Waals surface area contributed by atoms with Gasteiger partial charge in [0.1, 0.15) is 5.84 Å². The van der Waals surface area contributed by atoms with Gasteiger partial charge in [-0.1, -0.05) is 49.4 Å². The third kappa shape index (κ3) is 4.42. The number of pyridine rings is 1. The first-order valence-electron chi connectivity index (χ1n) is 10.9. The molecule has 3 N–H and O–H groups in total. The number of amidine groups is 1. The van der Waals surface area contributed by atoms with E-state index in [2.05, 4.69) is 25.3 Å². The molecule has 3 heterocycles. The number of anilines is 2. The van der Waals surface area contributed by atoms with E-state index in [1.165, 1.54) is 30.6 Å². The van der Waals surface area contributed by atoms with Crippen LogP contribution >= 0.6 is 0 Å². The molecule has 0 bridgehead atoms. The molecule has 2 aromatic carbocycles. The van der Waals surface area contributed by atoms with Crippen LogP contribution in [0.3, 0.4) is 0 Å². The summed E-state index contributed by atoms with van der Waals surface area (Å²) >= 11 is 0. The summed E-state index contributed by atoms with van der Waals surface area (Å²) in [6.45, 7) is 2.04. The average molecular weight is 475 g/mol. The molecule has 1 aliphatic rings. The van der Waals surface area contributed by atoms with Crippen molar-refractivity contribution < 1.29 is 13.2 Å². The number of hydrogen-bond donors (Lipinski definition) is 2. The Kier molecular flexibility index (Phi) is 5.64. The van der Waals surface area contributed by atoms with Gasteiger partial charge >= 0.3 is 6.18 Å². The lowest BCUT2D eigenvalue weighted by molar-refractivity contribution is -0.137. The Labute approximate surface area is 199 Å². The van der Waals surface area contributed by atoms with Gasteiger partial charge in [0.25, 0.3) is 0 Å². The molecule has 35 heavy (non-hydrogen) atoms. The quantitative estimate of drug-likeness (QED) is 0.403. The van der Waals surface area contributed by atoms with Crippen LogP contribution in [0.4, 0.5) is 24.8 Å². The molecule has 0 fully saturated rings. The van der Waals surface area contributed by atoms with Gasteiger partial charge in [0.2, 0.25) is 5.95 Å². The van der Waals surface area contributed by atoms with E-state index in [-0.39, 0.29) is 29.2 Å². The SMILES string of the molecule is CCC1N=C(Nc2nc(-c3cncc(N)c3)nc(-c3ccccc3C(F)(F)F)n2)c2ccccc21. The average Bonchev–Trinajstić information content (AvgIpc) is 3.21. The zero-order valence-corrected chi connectivity index (χ0v) is 18.6. The van der Waals surface area contributed by atoms with E-state index in [0.29, 0.717) is 17.1 Å². The van der Waals surface area contributed by atoms with Crippen molar-refractivity contribution in [3.63, 3.8) is 0 Å². The van der Waals surface area contributed by atoms with Crippen molar-refractivity contribution in [3.05, 3.63) is 83.7 Å². The third-order valence-electron chi connectivity index (χ3n) is 5.60. The number of nitrogens with two attached hydrogens (primary N) is 1. The number of rotatable bonds is 4. The Morgan fingerprint density at radius 1 is 0.914 bits per heavy atom. The number of nitrogens with one attached hydrogen (secondary N) is 1. The Bertz CT molecular complexity index is 1430. The van der Waals surface area contributed by atoms with Crippen molar-refractivity contribution in [3.8, 4) is 22.8 Å². The normalized spacial score (nSPS) is 15.0. The molecule has 1 aliphatic heterocycles. The Hall–Kier alpha value is -4.34. The molecule has 7 nitrogen and oxygen atoms in total. The van der Waals surface area contributed by atoms with Crippen LogP contribution in [-0.4, -0.2) is 25.8 Å². The van der Waals surface area contributed by atoms with E-state index >= 15 is 0 Å². The van der Waals surface area contributed by atoms with Crippen molar-refractivity contribution in [2.75, 3.05) is 11.1 Å². The fourth-order valence-corrected chi connectivity index (χ4v) is 4.00. The summed E-state index contributed by atoms with van der Waals surface area (Å²) in [4.78, 5) is 21.9. The van der Waals surface area contributed by atoms with Crippen molar-refractivity contribution in [2.45, 2.75) is 25.6 Å². The summed E-state index contributed by atoms with van der Waals surface area (Å²) in [7, 11) is 0. The highest BCUT2D eigenvalue weighted by Gasteiger charge is 2.34. The van der Waals surface area contributed by atoms with Gasteiger partial charge in [0, 0.05) is 29.1 Å². The highest BCUT2D eigenvalue weighted by Crippen LogP contribution is 2.37. The van der Waals surface area contributed by atoms with Crippen LogP contribution in [0, 0.1) is 0 Å². The van der Waals surface area contributed by atoms with Crippen LogP contribution in [0.15, 0.2) is 72.0 Å². The molecule has 0 spiro atoms. The minimum atomic E-state index is -4.58. The van der Waals surface area contributed by atoms with Crippen molar-refractivity contribution in [1.82, 2.24) is 19.9 Å². The van der Waals surface area contributed by atoms with Crippen LogP contribution in [0.5, 0.6) is 0 Å². The fourth-order valence-electron chi connectivity index (χ4n) is 4.00. The predicted octanol–water partition coefficient (Wildman–Crippen LogP) is 5.53. The maximum atomic E-state index is 13.8. The molecule has 10 heteroatoms. The van der Waals surface area contributed by atoms with Crippen molar-refractivity contribution >= 4 is 17.5 Å². The largest absolute Gasteiger partial charge is 0.417 e. The number of aliphatic imine (C=N–C) groups is 1. The molecule has 1 atom stereocenters. The second-order valence-electron chi connectivity index (χ2n) is 7.97. The van der Waals surface area contributed by atoms with Gasteiger partial charge in [-0.2, -0.15) is 23.1 Å². The third-order valence-corrected chi connectivity index (χ3v) is 5.60. The topological polar surface area (TPSA) is 102 Å². The molecule has 4 aromatic rings. The summed E-state index contributed by atoms with van der Waals surface area (Å²) in [6.07, 6.45) is -0.842. The lowest BCUT2D eigenvalue weighted by atomic mass is 10.0. The van der Waals surface area contributed by atoms with E-state index in [1.807, 2.05) is 31.2 Å². The molecule has 176 valence electrons. The van der Waals surface area contributed by atoms with E-state index in [9.17, 15) is 13.2 Å². The zero-order valence-electron chi connectivity index (χ0n) is 18.6. The monoisotopic (exact) mass is 475 g/mol. The van der Waals surface area contributed by atoms with E-state index < -0.39 is 11.7 Å². The number of benzene rings is 2. The lowest BCUT2D eigenvalue weighted by Gasteiger charge is -2.14. The number of nitrogens with zero attached hydrogens (tertiary/aromatic N) is 5. The Morgan fingerprint density at radius 2 is 1.63 bits per heavy atom. The highest BCUT2D eigenvalue weighted by atomic mass is 19.4. The van der Waals surface area contributed by atoms with Gasteiger partial charge < -0.3 is 11.1 Å². The second kappa shape index (κ2) is 8.79. The molecule has 5 rings (SSSR count). The number of alkyl halides is 3. The van der Waals surface area contributed by atoms with E-state index in [0.717, 1.165) is 23.6 Å². The summed E-state index contributed by atoms with van der Waals surface area (Å²) in [5, 5.41) is 3.11. The van der Waals surface area contributed by atoms with Gasteiger partial charge in [-0.25, -0.2) is 4.98 Å². The maximum absolute atomic E-state index is 13.8. The summed E-state index contributed by atoms with van der Waals surface area (Å²) in [5.74, 6) is 0.611. The molecular weight excluding hydrogens is 455 g/mol. The molecule has 0 aliphatic carbocycles. The first kappa shape index (κ1) is 22.5. The van der Waals surface area contributed by atoms with Gasteiger partial charge in [-0.3, -0.25) is 9.98 Å². The van der Waals surface area contributed by atoms with Crippen LogP contribution < -0.4 is 11.1 Å². The number of hydrogen-bond acceptors (Lipinski definition) is 7. The fraction of sp³-hybridized carbons (Fsp3) is 0.160. The molecule has 0 saturated heterocycles. The summed E-state index contributed by atoms with van der Waals surface area (Å²) in [5.41, 5.74) is 7.63. The van der Waals surface area contributed by atoms with Crippen molar-refractivity contribution in [2.24, 2.45) is 4.99 Å². The standard InChI is InChI=1S/C25H20F3N7/c1-2-20-16-7-3-4-8-17(16)22(31-20)34-24-33-21(14-11-15(29)13-30-12-14)32-23(35-24)18-9-5-6-10-19(18)25(26,27)28/h3-13,20H,2,29H2,1H3,(H,31,32,33,34,35). The van der Waals surface area contributed by atoms with Gasteiger partial charge in [0.05, 0.1) is 17.3 Å². The molecule has 0 radical (unpaired) electrons. The minimum Gasteiger partial charge on any atom is -0.397 e. The van der Waals surface area contributed by atoms with Crippen LogP contribution in [0.25, 0.3) is 22.8 Å². The molecule has 2 aromatic heterocycles. The second-order valence-corrected chi connectivity index (χ2v) is 7.97. The molecule has 0 saturated carbocycles. The van der Waals surface area contributed by atoms with Crippen LogP contribution in [-0.2, 0) is 6.18 Å². The first-order chi connectivity index (χ1) is 16.8. The molecule has 1 unspecified atom stereocenters. The first-order valence-corrected chi connectivity index (χ1v) is 10.9. The Balaban J connectivity index is 1.65. The lowest BCUT2D eigenvalue weighted by Crippen LogP contribution is -2.16. The van der Waals surface area contributed by atoms with Crippen molar-refractivity contribution in [1.29, 1.82) is 0 Å². The summed E-state index contributed by atoms with van der Waals surface area (Å²) < 4.78 is 41.3. The smallest absolute Gasteiger partial charge is 0.397 e. The van der Waals surface area contributed by atoms with Gasteiger partial charge in [-0.15, -0.1) is 0 Å². The zero-order chi connectivity index (χ0) is 24.6. The molecule has 0 amide bonds. The van der Waals surface area contributed by atoms with E-state index in [4.69, 9.17) is 10.7 Å². The minimum absolute atomic E-state index is 0.0291. The number of fused-ring (bicyclic) bond motifs is 1. The number of nitrogen functional groups attached to an aromatic ring is 1. The van der Waals surface area contributed by atoms with Crippen LogP contribution in [0.2, 0.25) is 0 Å². The summed E-state index contributed by atoms with van der Waals surface area (Å²) in [6, 6.07) is 14.5. The van der Waals surface area contributed by atoms with Gasteiger partial charge in [-0.05, 0) is 24.1 Å². The van der Waals surface area contributed by atoms with E-state index in [1.54, 1.807) is 6.07 Å². The maximum Gasteiger partial charge on any atom is 0.417 e. The number of halogens is 3. The highest BCUT2D eigenvalue weighted by molar-refractivity contribution is 6.10. The number of aromatic nitrogens is 4. The van der Waals surface area contributed by atoms with Crippen LogP contribution in [0.1, 0.15) is 36.1 Å². The Morgan fingerprint density at radius 3 is 2.37 bits per heavy atom. The predicted molar refractivity (Wildman–Crippen MR) is 128 cm³/mol. The van der Waals surface area contributed by atoms with Gasteiger partial charge in [0.15, 0.2) is 11.6 Å².